The van der Waals surface area contributed by atoms with Crippen molar-refractivity contribution >= 4 is 0 Å². The van der Waals surface area contributed by atoms with Crippen LogP contribution in [0.3, 0.4) is 0 Å². The average molecular weight is 256 g/mol. The van der Waals surface area contributed by atoms with Gasteiger partial charge in [0, 0.05) is 6.20 Å². The summed E-state index contributed by atoms with van der Waals surface area (Å²) in [6, 6.07) is 11.3. The minimum atomic E-state index is -0.162. The number of benzene rings is 1. The van der Waals surface area contributed by atoms with E-state index in [1.54, 1.807) is 12.1 Å². The molecule has 0 spiro atoms. The highest BCUT2D eigenvalue weighted by molar-refractivity contribution is 5.28. The number of nitrogens with one attached hydrogen (secondary N) is 1. The van der Waals surface area contributed by atoms with E-state index in [0.29, 0.717) is 6.04 Å². The lowest BCUT2D eigenvalue weighted by Gasteiger charge is -2.13. The third kappa shape index (κ3) is 2.82. The van der Waals surface area contributed by atoms with Gasteiger partial charge in [-0.05, 0) is 55.1 Å². The lowest BCUT2D eigenvalue weighted by atomic mass is 10.1. The van der Waals surface area contributed by atoms with Gasteiger partial charge in [0.2, 0.25) is 0 Å². The van der Waals surface area contributed by atoms with Gasteiger partial charge in [0.25, 0.3) is 0 Å². The third-order valence-corrected chi connectivity index (χ3v) is 3.65. The molecule has 1 aromatic carbocycles. The minimum absolute atomic E-state index is 0.162. The van der Waals surface area contributed by atoms with E-state index in [0.717, 1.165) is 31.4 Å². The van der Waals surface area contributed by atoms with Crippen LogP contribution in [0.15, 0.2) is 42.6 Å². The molecule has 1 aromatic heterocycles. The second-order valence-corrected chi connectivity index (χ2v) is 4.97. The summed E-state index contributed by atoms with van der Waals surface area (Å²) >= 11 is 0. The zero-order valence-electron chi connectivity index (χ0n) is 10.8. The largest absolute Gasteiger partial charge is 0.308 e. The normalized spacial score (nSPS) is 17.4. The van der Waals surface area contributed by atoms with Crippen LogP contribution in [0.5, 0.6) is 0 Å². The molecule has 0 fully saturated rings. The molecule has 1 unspecified atom stereocenters. The summed E-state index contributed by atoms with van der Waals surface area (Å²) in [6.45, 7) is 0.851. The second-order valence-electron chi connectivity index (χ2n) is 4.97. The molecule has 98 valence electrons. The molecule has 3 rings (SSSR count). The minimum Gasteiger partial charge on any atom is -0.308 e. The Kier molecular flexibility index (Phi) is 3.56. The van der Waals surface area contributed by atoms with E-state index >= 15 is 0 Å². The molecule has 1 heterocycles. The Morgan fingerprint density at radius 1 is 1.26 bits per heavy atom. The first-order valence-corrected chi connectivity index (χ1v) is 6.74. The first-order valence-electron chi connectivity index (χ1n) is 6.74. The van der Waals surface area contributed by atoms with Crippen LogP contribution < -0.4 is 5.32 Å². The predicted molar refractivity (Wildman–Crippen MR) is 73.4 cm³/mol. The zero-order chi connectivity index (χ0) is 13.1. The molecule has 0 aliphatic heterocycles. The van der Waals surface area contributed by atoms with Crippen molar-refractivity contribution in [1.82, 2.24) is 10.3 Å². The average Bonchev–Trinajstić information content (AvgIpc) is 2.83. The van der Waals surface area contributed by atoms with Gasteiger partial charge in [-0.25, -0.2) is 4.39 Å². The molecule has 3 heteroatoms. The molecule has 0 radical (unpaired) electrons. The molecule has 0 saturated carbocycles. The van der Waals surface area contributed by atoms with Crippen LogP contribution in [0.1, 0.15) is 29.3 Å². The van der Waals surface area contributed by atoms with Gasteiger partial charge < -0.3 is 5.32 Å². The van der Waals surface area contributed by atoms with E-state index in [1.165, 1.54) is 17.3 Å². The van der Waals surface area contributed by atoms with Crippen molar-refractivity contribution in [1.29, 1.82) is 0 Å². The van der Waals surface area contributed by atoms with Crippen LogP contribution in [0.2, 0.25) is 0 Å². The van der Waals surface area contributed by atoms with Crippen molar-refractivity contribution in [2.24, 2.45) is 0 Å². The fraction of sp³-hybridized carbons (Fsp3) is 0.312. The first kappa shape index (κ1) is 12.3. The second kappa shape index (κ2) is 5.49. The maximum atomic E-state index is 13.1. The Labute approximate surface area is 112 Å². The Bertz CT molecular complexity index is 568. The molecule has 0 bridgehead atoms. The van der Waals surface area contributed by atoms with Crippen molar-refractivity contribution in [2.75, 3.05) is 6.54 Å². The van der Waals surface area contributed by atoms with Gasteiger partial charge in [-0.2, -0.15) is 0 Å². The third-order valence-electron chi connectivity index (χ3n) is 3.65. The van der Waals surface area contributed by atoms with Gasteiger partial charge in [-0.3, -0.25) is 4.98 Å². The van der Waals surface area contributed by atoms with Crippen molar-refractivity contribution in [3.63, 3.8) is 0 Å². The van der Waals surface area contributed by atoms with E-state index in [2.05, 4.69) is 16.4 Å². The fourth-order valence-corrected chi connectivity index (χ4v) is 2.69. The highest BCUT2D eigenvalue weighted by atomic mass is 19.1. The first-order chi connectivity index (χ1) is 9.33. The Hall–Kier alpha value is -1.74. The van der Waals surface area contributed by atoms with Crippen molar-refractivity contribution in [2.45, 2.75) is 25.3 Å². The topological polar surface area (TPSA) is 24.9 Å². The van der Waals surface area contributed by atoms with Gasteiger partial charge in [0.05, 0.1) is 11.7 Å². The van der Waals surface area contributed by atoms with E-state index < -0.39 is 0 Å². The predicted octanol–water partition coefficient (Wildman–Crippen LogP) is 3.04. The summed E-state index contributed by atoms with van der Waals surface area (Å²) in [5.41, 5.74) is 3.57. The zero-order valence-corrected chi connectivity index (χ0v) is 10.8. The van der Waals surface area contributed by atoms with Crippen molar-refractivity contribution in [3.8, 4) is 0 Å². The lowest BCUT2D eigenvalue weighted by Crippen LogP contribution is -2.22. The Morgan fingerprint density at radius 3 is 3.11 bits per heavy atom. The summed E-state index contributed by atoms with van der Waals surface area (Å²) in [4.78, 5) is 4.46. The van der Waals surface area contributed by atoms with Crippen LogP contribution in [0.4, 0.5) is 4.39 Å². The Balaban J connectivity index is 1.57. The molecule has 1 aliphatic carbocycles. The molecule has 0 saturated heterocycles. The summed E-state index contributed by atoms with van der Waals surface area (Å²) < 4.78 is 13.1. The van der Waals surface area contributed by atoms with Crippen molar-refractivity contribution < 1.29 is 4.39 Å². The summed E-state index contributed by atoms with van der Waals surface area (Å²) in [6.07, 6.45) is 4.90. The van der Waals surface area contributed by atoms with Crippen LogP contribution in [0.25, 0.3) is 0 Å². The number of aryl methyl sites for hydroxylation is 1. The van der Waals surface area contributed by atoms with E-state index in [4.69, 9.17) is 0 Å². The molecule has 2 aromatic rings. The van der Waals surface area contributed by atoms with Crippen LogP contribution in [0, 0.1) is 5.82 Å². The number of hydrogen-bond donors (Lipinski definition) is 1. The molecule has 1 atom stereocenters. The molecule has 2 nitrogen and oxygen atoms in total. The highest BCUT2D eigenvalue weighted by Crippen LogP contribution is 2.28. The number of fused-ring (bicyclic) bond motifs is 1. The van der Waals surface area contributed by atoms with Gasteiger partial charge in [-0.1, -0.05) is 18.2 Å². The quantitative estimate of drug-likeness (QED) is 0.909. The smallest absolute Gasteiger partial charge is 0.123 e. The van der Waals surface area contributed by atoms with Crippen LogP contribution in [-0.2, 0) is 12.8 Å². The monoisotopic (exact) mass is 256 g/mol. The Morgan fingerprint density at radius 2 is 2.21 bits per heavy atom. The van der Waals surface area contributed by atoms with E-state index in [1.807, 2.05) is 18.3 Å². The summed E-state index contributed by atoms with van der Waals surface area (Å²) in [5, 5.41) is 3.52. The SMILES string of the molecule is Fc1cccc(CCNC2CCc3cccnc32)c1. The number of hydrogen-bond acceptors (Lipinski definition) is 2. The number of aromatic nitrogens is 1. The lowest BCUT2D eigenvalue weighted by molar-refractivity contribution is 0.524. The van der Waals surface area contributed by atoms with Gasteiger partial charge in [0.1, 0.15) is 5.82 Å². The van der Waals surface area contributed by atoms with E-state index in [9.17, 15) is 4.39 Å². The van der Waals surface area contributed by atoms with Crippen LogP contribution in [-0.4, -0.2) is 11.5 Å². The number of pyridine rings is 1. The van der Waals surface area contributed by atoms with Crippen molar-refractivity contribution in [3.05, 3.63) is 65.2 Å². The number of halogens is 1. The van der Waals surface area contributed by atoms with Crippen LogP contribution >= 0.6 is 0 Å². The van der Waals surface area contributed by atoms with E-state index in [-0.39, 0.29) is 5.82 Å². The molecule has 1 N–H and O–H groups in total. The fourth-order valence-electron chi connectivity index (χ4n) is 2.69. The molecule has 19 heavy (non-hydrogen) atoms. The van der Waals surface area contributed by atoms with Gasteiger partial charge >= 0.3 is 0 Å². The van der Waals surface area contributed by atoms with Gasteiger partial charge in [-0.15, -0.1) is 0 Å². The standard InChI is InChI=1S/C16H17FN2/c17-14-5-1-3-12(11-14)8-10-18-15-7-6-13-4-2-9-19-16(13)15/h1-5,9,11,15,18H,6-8,10H2. The number of nitrogens with zero attached hydrogens (tertiary/aromatic N) is 1. The molecular weight excluding hydrogens is 239 g/mol. The highest BCUT2D eigenvalue weighted by Gasteiger charge is 2.22. The molecule has 1 aliphatic rings. The number of rotatable bonds is 4. The summed E-state index contributed by atoms with van der Waals surface area (Å²) in [7, 11) is 0. The molecule has 0 amide bonds. The van der Waals surface area contributed by atoms with Gasteiger partial charge in [0.15, 0.2) is 0 Å². The maximum absolute atomic E-state index is 13.1. The summed E-state index contributed by atoms with van der Waals surface area (Å²) in [5.74, 6) is -0.162. The molecular formula is C16H17FN2. The maximum Gasteiger partial charge on any atom is 0.123 e.